The minimum atomic E-state index is 0.636. The summed E-state index contributed by atoms with van der Waals surface area (Å²) in [5.74, 6) is 0. The SMILES string of the molecule is CN.Clc1ccc2c(c1Cl)CCOC2. The van der Waals surface area contributed by atoms with Crippen molar-refractivity contribution >= 4 is 23.2 Å². The van der Waals surface area contributed by atoms with Gasteiger partial charge in [-0.15, -0.1) is 0 Å². The van der Waals surface area contributed by atoms with E-state index >= 15 is 0 Å². The van der Waals surface area contributed by atoms with Crippen LogP contribution in [-0.4, -0.2) is 13.7 Å². The number of hydrogen-bond donors (Lipinski definition) is 1. The fraction of sp³-hybridized carbons (Fsp3) is 0.400. The molecular weight excluding hydrogens is 221 g/mol. The smallest absolute Gasteiger partial charge is 0.0720 e. The predicted octanol–water partition coefficient (Wildman–Crippen LogP) is 2.64. The standard InChI is InChI=1S/C9H8Cl2O.CH5N/c10-8-2-1-6-5-12-4-3-7(6)9(8)11;1-2/h1-2H,3-5H2;2H2,1H3. The van der Waals surface area contributed by atoms with Crippen LogP contribution in [0.25, 0.3) is 0 Å². The predicted molar refractivity (Wildman–Crippen MR) is 59.9 cm³/mol. The number of hydrogen-bond acceptors (Lipinski definition) is 2. The molecule has 0 atom stereocenters. The molecule has 2 rings (SSSR count). The van der Waals surface area contributed by atoms with Crippen molar-refractivity contribution in [1.29, 1.82) is 0 Å². The van der Waals surface area contributed by atoms with Gasteiger partial charge in [-0.3, -0.25) is 0 Å². The summed E-state index contributed by atoms with van der Waals surface area (Å²) in [6.07, 6.45) is 0.870. The summed E-state index contributed by atoms with van der Waals surface area (Å²) in [5.41, 5.74) is 6.81. The van der Waals surface area contributed by atoms with Gasteiger partial charge in [0.1, 0.15) is 0 Å². The molecule has 0 fully saturated rings. The molecule has 1 aliphatic rings. The minimum Gasteiger partial charge on any atom is -0.376 e. The fourth-order valence-corrected chi connectivity index (χ4v) is 1.85. The molecule has 1 aliphatic heterocycles. The molecular formula is C10H13Cl2NO. The molecule has 0 aromatic heterocycles. The molecule has 0 radical (unpaired) electrons. The van der Waals surface area contributed by atoms with E-state index in [4.69, 9.17) is 27.9 Å². The van der Waals surface area contributed by atoms with E-state index in [1.807, 2.05) is 12.1 Å². The lowest BCUT2D eigenvalue weighted by Crippen LogP contribution is -2.10. The van der Waals surface area contributed by atoms with Crippen LogP contribution in [0, 0.1) is 0 Å². The summed E-state index contributed by atoms with van der Waals surface area (Å²) in [6, 6.07) is 3.79. The second kappa shape index (κ2) is 5.56. The maximum atomic E-state index is 6.02. The maximum absolute atomic E-state index is 6.02. The van der Waals surface area contributed by atoms with E-state index in [-0.39, 0.29) is 0 Å². The molecule has 0 saturated carbocycles. The third-order valence-corrected chi connectivity index (χ3v) is 2.89. The molecule has 0 unspecified atom stereocenters. The molecule has 14 heavy (non-hydrogen) atoms. The highest BCUT2D eigenvalue weighted by Gasteiger charge is 2.14. The molecule has 1 heterocycles. The van der Waals surface area contributed by atoms with Crippen LogP contribution in [0.1, 0.15) is 11.1 Å². The third kappa shape index (κ3) is 2.39. The summed E-state index contributed by atoms with van der Waals surface area (Å²) in [7, 11) is 1.50. The Morgan fingerprint density at radius 1 is 1.29 bits per heavy atom. The van der Waals surface area contributed by atoms with Crippen molar-refractivity contribution in [3.05, 3.63) is 33.3 Å². The molecule has 4 heteroatoms. The number of halogens is 2. The second-order valence-corrected chi connectivity index (χ2v) is 3.59. The first kappa shape index (κ1) is 11.8. The topological polar surface area (TPSA) is 35.2 Å². The highest BCUT2D eigenvalue weighted by molar-refractivity contribution is 6.42. The summed E-state index contributed by atoms with van der Waals surface area (Å²) in [5, 5.41) is 1.33. The van der Waals surface area contributed by atoms with Gasteiger partial charge in [-0.25, -0.2) is 0 Å². The minimum absolute atomic E-state index is 0.636. The number of fused-ring (bicyclic) bond motifs is 1. The van der Waals surface area contributed by atoms with Gasteiger partial charge in [-0.2, -0.15) is 0 Å². The van der Waals surface area contributed by atoms with E-state index < -0.39 is 0 Å². The van der Waals surface area contributed by atoms with Gasteiger partial charge in [-0.1, -0.05) is 29.3 Å². The fourth-order valence-electron chi connectivity index (χ4n) is 1.39. The van der Waals surface area contributed by atoms with E-state index in [1.54, 1.807) is 0 Å². The molecule has 0 saturated heterocycles. The second-order valence-electron chi connectivity index (χ2n) is 2.80. The van der Waals surface area contributed by atoms with Crippen molar-refractivity contribution in [3.63, 3.8) is 0 Å². The highest BCUT2D eigenvalue weighted by Crippen LogP contribution is 2.31. The van der Waals surface area contributed by atoms with Crippen LogP contribution in [-0.2, 0) is 17.8 Å². The van der Waals surface area contributed by atoms with Crippen LogP contribution >= 0.6 is 23.2 Å². The monoisotopic (exact) mass is 233 g/mol. The van der Waals surface area contributed by atoms with Crippen molar-refractivity contribution < 1.29 is 4.74 Å². The van der Waals surface area contributed by atoms with Gasteiger partial charge in [-0.05, 0) is 30.7 Å². The van der Waals surface area contributed by atoms with Crippen LogP contribution in [0.3, 0.4) is 0 Å². The van der Waals surface area contributed by atoms with Crippen LogP contribution in [0.15, 0.2) is 12.1 Å². The average molecular weight is 234 g/mol. The quantitative estimate of drug-likeness (QED) is 0.748. The van der Waals surface area contributed by atoms with Crippen molar-refractivity contribution in [2.45, 2.75) is 13.0 Å². The zero-order valence-electron chi connectivity index (χ0n) is 8.02. The van der Waals surface area contributed by atoms with Gasteiger partial charge in [0.25, 0.3) is 0 Å². The molecule has 0 bridgehead atoms. The Kier molecular flexibility index (Phi) is 4.69. The average Bonchev–Trinajstić information content (AvgIpc) is 2.27. The third-order valence-electron chi connectivity index (χ3n) is 2.05. The lowest BCUT2D eigenvalue weighted by atomic mass is 10.0. The number of nitrogens with two attached hydrogens (primary N) is 1. The zero-order chi connectivity index (χ0) is 10.6. The van der Waals surface area contributed by atoms with Crippen LogP contribution in [0.4, 0.5) is 0 Å². The van der Waals surface area contributed by atoms with E-state index in [0.717, 1.165) is 24.2 Å². The van der Waals surface area contributed by atoms with E-state index in [9.17, 15) is 0 Å². The van der Waals surface area contributed by atoms with Crippen molar-refractivity contribution in [1.82, 2.24) is 0 Å². The lowest BCUT2D eigenvalue weighted by molar-refractivity contribution is 0.111. The molecule has 0 aliphatic carbocycles. The number of ether oxygens (including phenoxy) is 1. The largest absolute Gasteiger partial charge is 0.376 e. The number of benzene rings is 1. The number of rotatable bonds is 0. The Hall–Kier alpha value is -0.280. The van der Waals surface area contributed by atoms with Crippen LogP contribution < -0.4 is 5.73 Å². The first-order chi connectivity index (χ1) is 6.79. The first-order valence-electron chi connectivity index (χ1n) is 4.40. The first-order valence-corrected chi connectivity index (χ1v) is 5.16. The Morgan fingerprint density at radius 2 is 2.00 bits per heavy atom. The van der Waals surface area contributed by atoms with Crippen LogP contribution in [0.5, 0.6) is 0 Å². The Labute approximate surface area is 94.0 Å². The molecule has 2 N–H and O–H groups in total. The van der Waals surface area contributed by atoms with Crippen molar-refractivity contribution in [2.75, 3.05) is 13.7 Å². The van der Waals surface area contributed by atoms with E-state index in [1.165, 1.54) is 7.05 Å². The van der Waals surface area contributed by atoms with Gasteiger partial charge in [0.2, 0.25) is 0 Å². The van der Waals surface area contributed by atoms with Gasteiger partial charge in [0.15, 0.2) is 0 Å². The summed E-state index contributed by atoms with van der Waals surface area (Å²) in [4.78, 5) is 0. The Balaban J connectivity index is 0.000000461. The summed E-state index contributed by atoms with van der Waals surface area (Å²) >= 11 is 11.9. The van der Waals surface area contributed by atoms with Gasteiger partial charge >= 0.3 is 0 Å². The maximum Gasteiger partial charge on any atom is 0.0720 e. The normalized spacial score (nSPS) is 14.0. The molecule has 78 valence electrons. The Bertz CT molecular complexity index is 315. The van der Waals surface area contributed by atoms with Gasteiger partial charge in [0, 0.05) is 0 Å². The van der Waals surface area contributed by atoms with E-state index in [2.05, 4.69) is 5.73 Å². The highest BCUT2D eigenvalue weighted by atomic mass is 35.5. The molecule has 1 aromatic carbocycles. The zero-order valence-corrected chi connectivity index (χ0v) is 9.53. The summed E-state index contributed by atoms with van der Waals surface area (Å²) < 4.78 is 5.29. The van der Waals surface area contributed by atoms with Crippen LogP contribution in [0.2, 0.25) is 10.0 Å². The molecule has 0 amide bonds. The van der Waals surface area contributed by atoms with E-state index in [0.29, 0.717) is 16.7 Å². The Morgan fingerprint density at radius 3 is 2.71 bits per heavy atom. The van der Waals surface area contributed by atoms with Crippen molar-refractivity contribution in [3.8, 4) is 0 Å². The molecule has 0 spiro atoms. The molecule has 2 nitrogen and oxygen atoms in total. The van der Waals surface area contributed by atoms with Gasteiger partial charge in [0.05, 0.1) is 23.3 Å². The molecule has 1 aromatic rings. The van der Waals surface area contributed by atoms with Crippen molar-refractivity contribution in [2.24, 2.45) is 5.73 Å². The summed E-state index contributed by atoms with van der Waals surface area (Å²) in [6.45, 7) is 1.40. The van der Waals surface area contributed by atoms with Gasteiger partial charge < -0.3 is 10.5 Å². The lowest BCUT2D eigenvalue weighted by Gasteiger charge is -2.17.